The zero-order chi connectivity index (χ0) is 13.7. The summed E-state index contributed by atoms with van der Waals surface area (Å²) in [6.07, 6.45) is 0.795. The Labute approximate surface area is 105 Å². The quantitative estimate of drug-likeness (QED) is 0.616. The van der Waals surface area contributed by atoms with Gasteiger partial charge in [-0.15, -0.1) is 0 Å². The summed E-state index contributed by atoms with van der Waals surface area (Å²) in [6.45, 7) is 3.84. The standard InChI is InChI=1S/C12H17N3O3/c1-3-8(2)11(13)12(16)14-9-5-4-6-10(7-9)15(17)18/h4-8,11H,3,13H2,1-2H3,(H,14,16)/t8-,11-/m0/s1. The van der Waals surface area contributed by atoms with Gasteiger partial charge in [-0.2, -0.15) is 0 Å². The van der Waals surface area contributed by atoms with E-state index in [2.05, 4.69) is 5.32 Å². The number of carbonyl (C=O) groups is 1. The number of amides is 1. The first-order valence-electron chi connectivity index (χ1n) is 5.76. The third-order valence-electron chi connectivity index (χ3n) is 2.88. The minimum Gasteiger partial charge on any atom is -0.324 e. The molecule has 1 rings (SSSR count). The van der Waals surface area contributed by atoms with E-state index < -0.39 is 11.0 Å². The van der Waals surface area contributed by atoms with E-state index in [9.17, 15) is 14.9 Å². The summed E-state index contributed by atoms with van der Waals surface area (Å²) >= 11 is 0. The molecule has 0 spiro atoms. The molecule has 98 valence electrons. The molecule has 0 saturated carbocycles. The number of hydrogen-bond donors (Lipinski definition) is 2. The highest BCUT2D eigenvalue weighted by Crippen LogP contribution is 2.17. The topological polar surface area (TPSA) is 98.3 Å². The molecule has 0 fully saturated rings. The minimum absolute atomic E-state index is 0.0590. The van der Waals surface area contributed by atoms with E-state index in [0.717, 1.165) is 6.42 Å². The average molecular weight is 251 g/mol. The van der Waals surface area contributed by atoms with Crippen LogP contribution >= 0.6 is 0 Å². The number of nitro benzene ring substituents is 1. The largest absolute Gasteiger partial charge is 0.324 e. The van der Waals surface area contributed by atoms with Gasteiger partial charge in [0.2, 0.25) is 5.91 Å². The van der Waals surface area contributed by atoms with Crippen molar-refractivity contribution in [3.05, 3.63) is 34.4 Å². The highest BCUT2D eigenvalue weighted by Gasteiger charge is 2.19. The van der Waals surface area contributed by atoms with Crippen LogP contribution in [0.3, 0.4) is 0 Å². The summed E-state index contributed by atoms with van der Waals surface area (Å²) in [5.74, 6) is -0.270. The third kappa shape index (κ3) is 3.53. The molecule has 0 saturated heterocycles. The molecule has 0 aliphatic heterocycles. The Morgan fingerprint density at radius 1 is 1.56 bits per heavy atom. The van der Waals surface area contributed by atoms with Gasteiger partial charge in [0.05, 0.1) is 11.0 Å². The van der Waals surface area contributed by atoms with E-state index >= 15 is 0 Å². The van der Waals surface area contributed by atoms with Crippen molar-refractivity contribution in [2.24, 2.45) is 11.7 Å². The van der Waals surface area contributed by atoms with Crippen molar-refractivity contribution in [1.29, 1.82) is 0 Å². The predicted molar refractivity (Wildman–Crippen MR) is 69.2 cm³/mol. The number of non-ortho nitro benzene ring substituents is 1. The van der Waals surface area contributed by atoms with E-state index in [1.807, 2.05) is 13.8 Å². The average Bonchev–Trinajstić information content (AvgIpc) is 2.37. The molecule has 0 aromatic heterocycles. The van der Waals surface area contributed by atoms with Crippen LogP contribution in [0.5, 0.6) is 0 Å². The summed E-state index contributed by atoms with van der Waals surface area (Å²) < 4.78 is 0. The van der Waals surface area contributed by atoms with Gasteiger partial charge in [0.1, 0.15) is 0 Å². The Morgan fingerprint density at radius 3 is 2.78 bits per heavy atom. The van der Waals surface area contributed by atoms with Crippen molar-refractivity contribution < 1.29 is 9.72 Å². The zero-order valence-corrected chi connectivity index (χ0v) is 10.4. The third-order valence-corrected chi connectivity index (χ3v) is 2.88. The van der Waals surface area contributed by atoms with E-state index in [0.29, 0.717) is 5.69 Å². The van der Waals surface area contributed by atoms with Crippen molar-refractivity contribution in [3.8, 4) is 0 Å². The van der Waals surface area contributed by atoms with Gasteiger partial charge >= 0.3 is 0 Å². The molecule has 0 unspecified atom stereocenters. The summed E-state index contributed by atoms with van der Waals surface area (Å²) in [4.78, 5) is 21.9. The van der Waals surface area contributed by atoms with Crippen molar-refractivity contribution in [2.75, 3.05) is 5.32 Å². The van der Waals surface area contributed by atoms with Crippen LogP contribution in [0.15, 0.2) is 24.3 Å². The zero-order valence-electron chi connectivity index (χ0n) is 10.4. The van der Waals surface area contributed by atoms with Gasteiger partial charge in [0.25, 0.3) is 5.69 Å². The van der Waals surface area contributed by atoms with Crippen molar-refractivity contribution >= 4 is 17.3 Å². The van der Waals surface area contributed by atoms with Crippen molar-refractivity contribution in [1.82, 2.24) is 0 Å². The summed E-state index contributed by atoms with van der Waals surface area (Å²) in [5, 5.41) is 13.2. The second-order valence-corrected chi connectivity index (χ2v) is 4.21. The van der Waals surface area contributed by atoms with E-state index in [1.54, 1.807) is 6.07 Å². The number of nitro groups is 1. The van der Waals surface area contributed by atoms with Crippen LogP contribution in [0.25, 0.3) is 0 Å². The SMILES string of the molecule is CC[C@H](C)[C@H](N)C(=O)Nc1cccc([N+](=O)[O-])c1. The Hall–Kier alpha value is -1.95. The highest BCUT2D eigenvalue weighted by molar-refractivity contribution is 5.95. The fraction of sp³-hybridized carbons (Fsp3) is 0.417. The van der Waals surface area contributed by atoms with E-state index in [4.69, 9.17) is 5.73 Å². The van der Waals surface area contributed by atoms with E-state index in [1.165, 1.54) is 18.2 Å². The molecule has 6 heteroatoms. The van der Waals surface area contributed by atoms with Gasteiger partial charge < -0.3 is 11.1 Å². The molecule has 0 bridgehead atoms. The molecular formula is C12H17N3O3. The summed E-state index contributed by atoms with van der Waals surface area (Å²) in [5.41, 5.74) is 6.09. The van der Waals surface area contributed by atoms with Crippen molar-refractivity contribution in [2.45, 2.75) is 26.3 Å². The Morgan fingerprint density at radius 2 is 2.22 bits per heavy atom. The van der Waals surface area contributed by atoms with Crippen LogP contribution in [-0.2, 0) is 4.79 Å². The summed E-state index contributed by atoms with van der Waals surface area (Å²) in [7, 11) is 0. The van der Waals surface area contributed by atoms with Gasteiger partial charge in [0.15, 0.2) is 0 Å². The number of carbonyl (C=O) groups excluding carboxylic acids is 1. The molecule has 1 aromatic rings. The molecule has 0 aliphatic carbocycles. The van der Waals surface area contributed by atoms with Crippen molar-refractivity contribution in [3.63, 3.8) is 0 Å². The molecule has 1 aromatic carbocycles. The maximum atomic E-state index is 11.8. The van der Waals surface area contributed by atoms with Crippen LogP contribution in [0.1, 0.15) is 20.3 Å². The second kappa shape index (κ2) is 6.11. The molecule has 1 amide bonds. The molecule has 2 atom stereocenters. The first-order valence-corrected chi connectivity index (χ1v) is 5.76. The lowest BCUT2D eigenvalue weighted by molar-refractivity contribution is -0.384. The highest BCUT2D eigenvalue weighted by atomic mass is 16.6. The number of nitrogens with one attached hydrogen (secondary N) is 1. The maximum Gasteiger partial charge on any atom is 0.271 e. The molecular weight excluding hydrogens is 234 g/mol. The van der Waals surface area contributed by atoms with Gasteiger partial charge in [0, 0.05) is 17.8 Å². The van der Waals surface area contributed by atoms with Gasteiger partial charge in [-0.1, -0.05) is 26.3 Å². The first-order chi connectivity index (χ1) is 8.45. The smallest absolute Gasteiger partial charge is 0.271 e. The van der Waals surface area contributed by atoms with Crippen LogP contribution in [0.4, 0.5) is 11.4 Å². The molecule has 0 aliphatic rings. The maximum absolute atomic E-state index is 11.8. The van der Waals surface area contributed by atoms with Gasteiger partial charge in [-0.3, -0.25) is 14.9 Å². The van der Waals surface area contributed by atoms with Gasteiger partial charge in [-0.25, -0.2) is 0 Å². The number of benzene rings is 1. The fourth-order valence-corrected chi connectivity index (χ4v) is 1.44. The fourth-order valence-electron chi connectivity index (χ4n) is 1.44. The first kappa shape index (κ1) is 14.1. The van der Waals surface area contributed by atoms with Gasteiger partial charge in [-0.05, 0) is 12.0 Å². The Kier molecular flexibility index (Phi) is 4.79. The predicted octanol–water partition coefficient (Wildman–Crippen LogP) is 1.91. The normalized spacial score (nSPS) is 13.7. The van der Waals surface area contributed by atoms with Crippen LogP contribution in [0, 0.1) is 16.0 Å². The van der Waals surface area contributed by atoms with Crippen LogP contribution in [0.2, 0.25) is 0 Å². The number of nitrogens with two attached hydrogens (primary N) is 1. The minimum atomic E-state index is -0.616. The summed E-state index contributed by atoms with van der Waals surface area (Å²) in [6, 6.07) is 5.16. The number of nitrogens with zero attached hydrogens (tertiary/aromatic N) is 1. The molecule has 3 N–H and O–H groups in total. The lowest BCUT2D eigenvalue weighted by atomic mass is 9.99. The Balaban J connectivity index is 2.76. The lowest BCUT2D eigenvalue weighted by Crippen LogP contribution is -2.40. The second-order valence-electron chi connectivity index (χ2n) is 4.21. The molecule has 18 heavy (non-hydrogen) atoms. The lowest BCUT2D eigenvalue weighted by Gasteiger charge is -2.17. The molecule has 6 nitrogen and oxygen atoms in total. The molecule has 0 radical (unpaired) electrons. The van der Waals surface area contributed by atoms with Crippen LogP contribution < -0.4 is 11.1 Å². The number of hydrogen-bond acceptors (Lipinski definition) is 4. The number of rotatable bonds is 5. The Bertz CT molecular complexity index is 448. The van der Waals surface area contributed by atoms with Crippen LogP contribution in [-0.4, -0.2) is 16.9 Å². The molecule has 0 heterocycles. The number of anilines is 1. The monoisotopic (exact) mass is 251 g/mol. The van der Waals surface area contributed by atoms with E-state index in [-0.39, 0.29) is 17.5 Å².